The maximum atomic E-state index is 3.34. The Morgan fingerprint density at radius 1 is 1.46 bits per heavy atom. The van der Waals surface area contributed by atoms with E-state index in [9.17, 15) is 0 Å². The van der Waals surface area contributed by atoms with Crippen molar-refractivity contribution < 1.29 is 17.3 Å². The first-order valence-electron chi connectivity index (χ1n) is 5.08. The molecule has 2 rings (SSSR count). The molecule has 0 aliphatic carbocycles. The largest absolute Gasteiger partial charge is 1.00 e. The molecule has 2 aliphatic heterocycles. The van der Waals surface area contributed by atoms with E-state index in [1.807, 2.05) is 0 Å². The first-order chi connectivity index (χ1) is 5.88. The molecule has 1 fully saturated rings. The fourth-order valence-corrected chi connectivity index (χ4v) is 2.61. The Bertz CT molecular complexity index is 182. The number of likely N-dealkylation sites (tertiary alicyclic amines) is 1. The number of allylic oxidation sites excluding steroid dienone is 1. The van der Waals surface area contributed by atoms with Crippen LogP contribution >= 0.6 is 0 Å². The van der Waals surface area contributed by atoms with Crippen LogP contribution in [0.1, 0.15) is 19.3 Å². The highest BCUT2D eigenvalue weighted by atomic mass is 35.5. The quantitative estimate of drug-likeness (QED) is 0.458. The molecule has 76 valence electrons. The standard InChI is InChI=1S/C10H18N2.ClH/c1-12-7-3-5-10(12)9-4-2-6-11-8-9;/h2,6,9-11H,3-5,7-8H2,1H3;1H. The van der Waals surface area contributed by atoms with E-state index < -0.39 is 0 Å². The second-order valence-corrected chi connectivity index (χ2v) is 4.15. The minimum atomic E-state index is 0. The van der Waals surface area contributed by atoms with Crippen molar-refractivity contribution in [2.75, 3.05) is 20.1 Å². The Balaban J connectivity index is 0.000000845. The highest BCUT2D eigenvalue weighted by Gasteiger charge is 2.32. The van der Waals surface area contributed by atoms with Crippen LogP contribution in [-0.2, 0) is 0 Å². The van der Waals surface area contributed by atoms with Crippen LogP contribution in [0.15, 0.2) is 12.3 Å². The third kappa shape index (κ3) is 2.38. The Morgan fingerprint density at radius 2 is 2.31 bits per heavy atom. The van der Waals surface area contributed by atoms with Crippen molar-refractivity contribution in [1.29, 1.82) is 0 Å². The van der Waals surface area contributed by atoms with Gasteiger partial charge in [-0.05, 0) is 12.6 Å². The molecule has 1 saturated heterocycles. The molecule has 3 heteroatoms. The van der Waals surface area contributed by atoms with Crippen LogP contribution < -0.4 is 22.6 Å². The lowest BCUT2D eigenvalue weighted by Crippen LogP contribution is -3.11. The molecule has 2 heterocycles. The Kier molecular flexibility index (Phi) is 4.07. The topological polar surface area (TPSA) is 16.5 Å². The van der Waals surface area contributed by atoms with Gasteiger partial charge in [-0.25, -0.2) is 0 Å². The summed E-state index contributed by atoms with van der Waals surface area (Å²) in [5, 5.41) is 3.34. The molecule has 0 saturated carbocycles. The summed E-state index contributed by atoms with van der Waals surface area (Å²) in [6.07, 6.45) is 8.53. The smallest absolute Gasteiger partial charge is 0.0923 e. The van der Waals surface area contributed by atoms with Gasteiger partial charge in [0.05, 0.1) is 19.6 Å². The van der Waals surface area contributed by atoms with Crippen molar-refractivity contribution in [3.8, 4) is 0 Å². The molecule has 0 aromatic heterocycles. The predicted octanol–water partition coefficient (Wildman–Crippen LogP) is -3.21. The third-order valence-corrected chi connectivity index (χ3v) is 3.34. The number of hydrogen-bond donors (Lipinski definition) is 2. The first-order valence-corrected chi connectivity index (χ1v) is 5.08. The van der Waals surface area contributed by atoms with Gasteiger partial charge < -0.3 is 22.6 Å². The van der Waals surface area contributed by atoms with Crippen LogP contribution in [0.25, 0.3) is 0 Å². The Morgan fingerprint density at radius 3 is 2.85 bits per heavy atom. The number of halogens is 1. The number of nitrogens with one attached hydrogen (secondary N) is 2. The predicted molar refractivity (Wildman–Crippen MR) is 50.0 cm³/mol. The lowest BCUT2D eigenvalue weighted by atomic mass is 9.93. The van der Waals surface area contributed by atoms with Gasteiger partial charge in [-0.1, -0.05) is 6.08 Å². The maximum Gasteiger partial charge on any atom is 0.0923 e. The molecule has 0 radical (unpaired) electrons. The normalized spacial score (nSPS) is 38.1. The van der Waals surface area contributed by atoms with Crippen LogP contribution in [0.2, 0.25) is 0 Å². The highest BCUT2D eigenvalue weighted by Crippen LogP contribution is 2.16. The van der Waals surface area contributed by atoms with Gasteiger partial charge in [-0.2, -0.15) is 0 Å². The summed E-state index contributed by atoms with van der Waals surface area (Å²) in [5.74, 6) is 0.887. The van der Waals surface area contributed by atoms with Crippen molar-refractivity contribution in [3.05, 3.63) is 12.3 Å². The van der Waals surface area contributed by atoms with E-state index in [2.05, 4.69) is 24.6 Å². The summed E-state index contributed by atoms with van der Waals surface area (Å²) in [6, 6.07) is 0.919. The highest BCUT2D eigenvalue weighted by molar-refractivity contribution is 4.92. The van der Waals surface area contributed by atoms with E-state index >= 15 is 0 Å². The summed E-state index contributed by atoms with van der Waals surface area (Å²) in [5.41, 5.74) is 0. The van der Waals surface area contributed by atoms with Gasteiger partial charge in [0, 0.05) is 25.3 Å². The minimum absolute atomic E-state index is 0. The first kappa shape index (κ1) is 10.9. The summed E-state index contributed by atoms with van der Waals surface area (Å²) in [7, 11) is 2.34. The van der Waals surface area contributed by atoms with E-state index in [1.165, 1.54) is 32.4 Å². The SMILES string of the molecule is C[NH+]1CCCC1C1CC=CNC1.[Cl-]. The minimum Gasteiger partial charge on any atom is -1.00 e. The number of hydrogen-bond acceptors (Lipinski definition) is 1. The second kappa shape index (κ2) is 4.87. The number of quaternary nitrogens is 1. The van der Waals surface area contributed by atoms with E-state index in [0.717, 1.165) is 12.0 Å². The molecule has 0 amide bonds. The molecule has 3 unspecified atom stereocenters. The van der Waals surface area contributed by atoms with Crippen LogP contribution in [0.3, 0.4) is 0 Å². The van der Waals surface area contributed by atoms with Crippen molar-refractivity contribution in [3.63, 3.8) is 0 Å². The Hall–Kier alpha value is -0.210. The molecule has 2 aliphatic rings. The zero-order valence-corrected chi connectivity index (χ0v) is 8.98. The van der Waals surface area contributed by atoms with E-state index in [4.69, 9.17) is 0 Å². The molecule has 13 heavy (non-hydrogen) atoms. The van der Waals surface area contributed by atoms with Gasteiger partial charge in [0.1, 0.15) is 0 Å². The zero-order chi connectivity index (χ0) is 8.39. The molecular formula is C10H19ClN2. The summed E-state index contributed by atoms with van der Waals surface area (Å²) < 4.78 is 0. The summed E-state index contributed by atoms with van der Waals surface area (Å²) in [6.45, 7) is 2.57. The fraction of sp³-hybridized carbons (Fsp3) is 0.800. The lowest BCUT2D eigenvalue weighted by Gasteiger charge is -2.27. The van der Waals surface area contributed by atoms with Gasteiger partial charge >= 0.3 is 0 Å². The Labute approximate surface area is 86.8 Å². The molecule has 2 N–H and O–H groups in total. The molecule has 0 aromatic rings. The van der Waals surface area contributed by atoms with Crippen molar-refractivity contribution in [1.82, 2.24) is 5.32 Å². The van der Waals surface area contributed by atoms with Gasteiger partial charge in [0.2, 0.25) is 0 Å². The monoisotopic (exact) mass is 202 g/mol. The van der Waals surface area contributed by atoms with Crippen molar-refractivity contribution >= 4 is 0 Å². The second-order valence-electron chi connectivity index (χ2n) is 4.15. The average molecular weight is 203 g/mol. The lowest BCUT2D eigenvalue weighted by molar-refractivity contribution is -0.896. The fourth-order valence-electron chi connectivity index (χ4n) is 2.61. The average Bonchev–Trinajstić information content (AvgIpc) is 2.53. The van der Waals surface area contributed by atoms with E-state index in [-0.39, 0.29) is 12.4 Å². The maximum absolute atomic E-state index is 3.34. The van der Waals surface area contributed by atoms with Crippen molar-refractivity contribution in [2.24, 2.45) is 5.92 Å². The van der Waals surface area contributed by atoms with Gasteiger partial charge in [0.15, 0.2) is 0 Å². The molecular weight excluding hydrogens is 184 g/mol. The molecule has 3 atom stereocenters. The van der Waals surface area contributed by atoms with E-state index in [0.29, 0.717) is 0 Å². The van der Waals surface area contributed by atoms with Gasteiger partial charge in [-0.15, -0.1) is 0 Å². The van der Waals surface area contributed by atoms with Gasteiger partial charge in [-0.3, -0.25) is 0 Å². The molecule has 0 bridgehead atoms. The van der Waals surface area contributed by atoms with Crippen LogP contribution in [0, 0.1) is 5.92 Å². The third-order valence-electron chi connectivity index (χ3n) is 3.34. The molecule has 0 aromatic carbocycles. The van der Waals surface area contributed by atoms with Crippen LogP contribution in [-0.4, -0.2) is 26.2 Å². The molecule has 0 spiro atoms. The summed E-state index contributed by atoms with van der Waals surface area (Å²) >= 11 is 0. The zero-order valence-electron chi connectivity index (χ0n) is 8.22. The van der Waals surface area contributed by atoms with E-state index in [1.54, 1.807) is 4.90 Å². The van der Waals surface area contributed by atoms with Crippen LogP contribution in [0.4, 0.5) is 0 Å². The van der Waals surface area contributed by atoms with Crippen LogP contribution in [0.5, 0.6) is 0 Å². The summed E-state index contributed by atoms with van der Waals surface area (Å²) in [4.78, 5) is 1.75. The van der Waals surface area contributed by atoms with Crippen molar-refractivity contribution in [2.45, 2.75) is 25.3 Å². The number of rotatable bonds is 1. The van der Waals surface area contributed by atoms with Gasteiger partial charge in [0.25, 0.3) is 0 Å². The molecule has 2 nitrogen and oxygen atoms in total.